The van der Waals surface area contributed by atoms with Crippen molar-refractivity contribution in [1.82, 2.24) is 0 Å². The molecule has 10 heteroatoms. The van der Waals surface area contributed by atoms with Gasteiger partial charge >= 0.3 is 6.18 Å². The second-order valence-corrected chi connectivity index (χ2v) is 7.25. The standard InChI is InChI=1S/C22H26F3N3O4/c1-14(26-17-6-5-16(30-2)13-20(17)31-3)21(29)27-18-12-15(22(23,24)25)4-7-19(18)28-8-10-32-11-9-28/h4-7,12-14,26H,8-11H2,1-3H3,(H,27,29)/t14-/m0/s1. The monoisotopic (exact) mass is 453 g/mol. The molecule has 174 valence electrons. The number of methoxy groups -OCH3 is 2. The van der Waals surface area contributed by atoms with Crippen molar-refractivity contribution in [2.24, 2.45) is 0 Å². The predicted octanol–water partition coefficient (Wildman–Crippen LogP) is 4.00. The van der Waals surface area contributed by atoms with Crippen LogP contribution in [-0.4, -0.2) is 52.5 Å². The van der Waals surface area contributed by atoms with E-state index in [1.165, 1.54) is 20.3 Å². The van der Waals surface area contributed by atoms with Crippen LogP contribution in [-0.2, 0) is 15.7 Å². The summed E-state index contributed by atoms with van der Waals surface area (Å²) in [5.41, 5.74) is 0.335. The molecule has 2 aromatic rings. The van der Waals surface area contributed by atoms with Gasteiger partial charge in [-0.3, -0.25) is 4.79 Å². The van der Waals surface area contributed by atoms with E-state index in [1.54, 1.807) is 25.1 Å². The summed E-state index contributed by atoms with van der Waals surface area (Å²) in [5.74, 6) is 0.567. The average molecular weight is 453 g/mol. The summed E-state index contributed by atoms with van der Waals surface area (Å²) in [6.45, 7) is 3.57. The van der Waals surface area contributed by atoms with E-state index in [0.29, 0.717) is 49.2 Å². The summed E-state index contributed by atoms with van der Waals surface area (Å²) in [6.07, 6.45) is -4.52. The molecule has 0 spiro atoms. The Bertz CT molecular complexity index is 947. The maximum Gasteiger partial charge on any atom is 0.416 e. The van der Waals surface area contributed by atoms with Gasteiger partial charge in [-0.25, -0.2) is 0 Å². The third-order valence-electron chi connectivity index (χ3n) is 5.11. The Morgan fingerprint density at radius 2 is 1.78 bits per heavy atom. The van der Waals surface area contributed by atoms with Crippen molar-refractivity contribution >= 4 is 23.0 Å². The van der Waals surface area contributed by atoms with E-state index in [-0.39, 0.29) is 5.69 Å². The van der Waals surface area contributed by atoms with Gasteiger partial charge in [0.1, 0.15) is 17.5 Å². The minimum Gasteiger partial charge on any atom is -0.497 e. The third kappa shape index (κ3) is 5.56. The summed E-state index contributed by atoms with van der Waals surface area (Å²) in [6, 6.07) is 7.67. The number of hydrogen-bond acceptors (Lipinski definition) is 6. The van der Waals surface area contributed by atoms with Crippen LogP contribution in [0.15, 0.2) is 36.4 Å². The minimum atomic E-state index is -4.52. The number of ether oxygens (including phenoxy) is 3. The van der Waals surface area contributed by atoms with E-state index in [4.69, 9.17) is 14.2 Å². The van der Waals surface area contributed by atoms with Crippen LogP contribution < -0.4 is 25.0 Å². The third-order valence-corrected chi connectivity index (χ3v) is 5.11. The van der Waals surface area contributed by atoms with Gasteiger partial charge in [0.25, 0.3) is 0 Å². The summed E-state index contributed by atoms with van der Waals surface area (Å²) in [7, 11) is 3.01. The van der Waals surface area contributed by atoms with Gasteiger partial charge in [-0.1, -0.05) is 0 Å². The normalized spacial score (nSPS) is 15.1. The Balaban J connectivity index is 1.82. The molecule has 2 aromatic carbocycles. The predicted molar refractivity (Wildman–Crippen MR) is 116 cm³/mol. The molecule has 0 aromatic heterocycles. The zero-order valence-corrected chi connectivity index (χ0v) is 18.1. The maximum absolute atomic E-state index is 13.3. The maximum atomic E-state index is 13.3. The second kappa shape index (κ2) is 9.99. The highest BCUT2D eigenvalue weighted by Crippen LogP contribution is 2.36. The van der Waals surface area contributed by atoms with Gasteiger partial charge in [-0.2, -0.15) is 13.2 Å². The number of nitrogens with zero attached hydrogens (tertiary/aromatic N) is 1. The number of carbonyl (C=O) groups excluding carboxylic acids is 1. The number of benzene rings is 2. The number of alkyl halides is 3. The van der Waals surface area contributed by atoms with Crippen LogP contribution in [0.4, 0.5) is 30.2 Å². The van der Waals surface area contributed by atoms with Crippen LogP contribution in [0.3, 0.4) is 0 Å². The van der Waals surface area contributed by atoms with Gasteiger partial charge in [0.05, 0.1) is 50.1 Å². The first kappa shape index (κ1) is 23.5. The number of halogens is 3. The van der Waals surface area contributed by atoms with Crippen LogP contribution in [0, 0.1) is 0 Å². The first-order chi connectivity index (χ1) is 15.2. The Hall–Kier alpha value is -3.14. The number of morpholine rings is 1. The fourth-order valence-electron chi connectivity index (χ4n) is 3.35. The number of nitrogens with one attached hydrogen (secondary N) is 2. The molecule has 1 atom stereocenters. The fraction of sp³-hybridized carbons (Fsp3) is 0.409. The van der Waals surface area contributed by atoms with E-state index < -0.39 is 23.7 Å². The molecule has 7 nitrogen and oxygen atoms in total. The Morgan fingerprint density at radius 3 is 2.41 bits per heavy atom. The highest BCUT2D eigenvalue weighted by atomic mass is 19.4. The van der Waals surface area contributed by atoms with Gasteiger partial charge in [0.2, 0.25) is 5.91 Å². The number of rotatable bonds is 7. The van der Waals surface area contributed by atoms with Gasteiger partial charge in [0, 0.05) is 19.2 Å². The van der Waals surface area contributed by atoms with E-state index in [1.807, 2.05) is 4.90 Å². The van der Waals surface area contributed by atoms with Crippen molar-refractivity contribution in [3.63, 3.8) is 0 Å². The molecule has 1 amide bonds. The van der Waals surface area contributed by atoms with Crippen molar-refractivity contribution < 1.29 is 32.2 Å². The molecular weight excluding hydrogens is 427 g/mol. The number of amides is 1. The molecule has 0 bridgehead atoms. The number of hydrogen-bond donors (Lipinski definition) is 2. The molecule has 3 rings (SSSR count). The topological polar surface area (TPSA) is 72.1 Å². The molecule has 1 fully saturated rings. The average Bonchev–Trinajstić information content (AvgIpc) is 2.79. The molecule has 32 heavy (non-hydrogen) atoms. The van der Waals surface area contributed by atoms with E-state index in [0.717, 1.165) is 12.1 Å². The lowest BCUT2D eigenvalue weighted by Crippen LogP contribution is -2.37. The smallest absolute Gasteiger partial charge is 0.416 e. The number of carbonyl (C=O) groups is 1. The lowest BCUT2D eigenvalue weighted by Gasteiger charge is -2.31. The molecular formula is C22H26F3N3O4. The van der Waals surface area contributed by atoms with E-state index in [2.05, 4.69) is 10.6 Å². The molecule has 1 saturated heterocycles. The van der Waals surface area contributed by atoms with Gasteiger partial charge in [0.15, 0.2) is 0 Å². The molecule has 0 unspecified atom stereocenters. The first-order valence-corrected chi connectivity index (χ1v) is 10.1. The largest absolute Gasteiger partial charge is 0.497 e. The molecule has 0 aliphatic carbocycles. The summed E-state index contributed by atoms with van der Waals surface area (Å²) < 4.78 is 55.7. The minimum absolute atomic E-state index is 0.0991. The van der Waals surface area contributed by atoms with Crippen molar-refractivity contribution in [3.05, 3.63) is 42.0 Å². The van der Waals surface area contributed by atoms with Gasteiger partial charge in [-0.15, -0.1) is 0 Å². The van der Waals surface area contributed by atoms with Crippen LogP contribution in [0.5, 0.6) is 11.5 Å². The summed E-state index contributed by atoms with van der Waals surface area (Å²) in [4.78, 5) is 14.8. The second-order valence-electron chi connectivity index (χ2n) is 7.25. The highest BCUT2D eigenvalue weighted by molar-refractivity contribution is 5.99. The Kier molecular flexibility index (Phi) is 7.34. The molecule has 1 aliphatic rings. The lowest BCUT2D eigenvalue weighted by atomic mass is 10.1. The Labute approximate surface area is 184 Å². The van der Waals surface area contributed by atoms with Crippen molar-refractivity contribution in [3.8, 4) is 11.5 Å². The summed E-state index contributed by atoms with van der Waals surface area (Å²) >= 11 is 0. The fourth-order valence-corrected chi connectivity index (χ4v) is 3.35. The lowest BCUT2D eigenvalue weighted by molar-refractivity contribution is -0.137. The van der Waals surface area contributed by atoms with Crippen molar-refractivity contribution in [2.45, 2.75) is 19.1 Å². The molecule has 2 N–H and O–H groups in total. The van der Waals surface area contributed by atoms with Crippen molar-refractivity contribution in [2.75, 3.05) is 56.1 Å². The zero-order valence-electron chi connectivity index (χ0n) is 18.1. The van der Waals surface area contributed by atoms with Gasteiger partial charge < -0.3 is 29.7 Å². The zero-order chi connectivity index (χ0) is 23.3. The molecule has 1 heterocycles. The first-order valence-electron chi connectivity index (χ1n) is 10.1. The summed E-state index contributed by atoms with van der Waals surface area (Å²) in [5, 5.41) is 5.68. The van der Waals surface area contributed by atoms with Crippen LogP contribution in [0.25, 0.3) is 0 Å². The molecule has 1 aliphatic heterocycles. The Morgan fingerprint density at radius 1 is 1.06 bits per heavy atom. The molecule has 0 radical (unpaired) electrons. The van der Waals surface area contributed by atoms with Crippen LogP contribution in [0.1, 0.15) is 12.5 Å². The SMILES string of the molecule is COc1ccc(N[C@@H](C)C(=O)Nc2cc(C(F)(F)F)ccc2N2CCOCC2)c(OC)c1. The molecule has 0 saturated carbocycles. The van der Waals surface area contributed by atoms with Crippen molar-refractivity contribution in [1.29, 1.82) is 0 Å². The highest BCUT2D eigenvalue weighted by Gasteiger charge is 2.32. The van der Waals surface area contributed by atoms with Gasteiger partial charge in [-0.05, 0) is 37.3 Å². The number of anilines is 3. The van der Waals surface area contributed by atoms with E-state index >= 15 is 0 Å². The van der Waals surface area contributed by atoms with E-state index in [9.17, 15) is 18.0 Å². The van der Waals surface area contributed by atoms with Crippen LogP contribution in [0.2, 0.25) is 0 Å². The quantitative estimate of drug-likeness (QED) is 0.661. The van der Waals surface area contributed by atoms with Crippen LogP contribution >= 0.6 is 0 Å².